The van der Waals surface area contributed by atoms with Crippen LogP contribution >= 0.6 is 11.6 Å². The standard InChI is InChI=1S/C14H19ClN4O2/c1-18(2)14(21)12-8-17-5-6-19(12)11-4-3-9(13(16)20)7-10(11)15/h3-4,7,12,17H,5-6,8H2,1-2H3,(H2,16,20). The van der Waals surface area contributed by atoms with E-state index in [0.717, 1.165) is 12.2 Å². The molecule has 1 aliphatic rings. The van der Waals surface area contributed by atoms with Crippen LogP contribution in [-0.4, -0.2) is 56.5 Å². The SMILES string of the molecule is CN(C)C(=O)C1CNCCN1c1ccc(C(N)=O)cc1Cl. The molecule has 21 heavy (non-hydrogen) atoms. The molecule has 0 spiro atoms. The molecule has 7 heteroatoms. The Kier molecular flexibility index (Phi) is 4.69. The van der Waals surface area contributed by atoms with E-state index >= 15 is 0 Å². The van der Waals surface area contributed by atoms with E-state index in [4.69, 9.17) is 17.3 Å². The minimum absolute atomic E-state index is 0.0113. The molecule has 1 aromatic rings. The Balaban J connectivity index is 2.33. The zero-order valence-corrected chi connectivity index (χ0v) is 12.9. The van der Waals surface area contributed by atoms with Gasteiger partial charge in [-0.05, 0) is 18.2 Å². The predicted molar refractivity (Wildman–Crippen MR) is 82.7 cm³/mol. The molecule has 1 aromatic carbocycles. The van der Waals surface area contributed by atoms with Gasteiger partial charge in [0.05, 0.1) is 10.7 Å². The van der Waals surface area contributed by atoms with Crippen molar-refractivity contribution in [1.29, 1.82) is 0 Å². The fourth-order valence-corrected chi connectivity index (χ4v) is 2.69. The summed E-state index contributed by atoms with van der Waals surface area (Å²) in [5, 5.41) is 3.63. The molecule has 3 N–H and O–H groups in total. The fraction of sp³-hybridized carbons (Fsp3) is 0.429. The van der Waals surface area contributed by atoms with Crippen LogP contribution in [0.5, 0.6) is 0 Å². The van der Waals surface area contributed by atoms with Crippen molar-refractivity contribution in [3.8, 4) is 0 Å². The molecule has 0 radical (unpaired) electrons. The Hall–Kier alpha value is -1.79. The normalized spacial score (nSPS) is 18.4. The van der Waals surface area contributed by atoms with Crippen molar-refractivity contribution in [1.82, 2.24) is 10.2 Å². The molecule has 2 amide bonds. The predicted octanol–water partition coefficient (Wildman–Crippen LogP) is 0.305. The second-order valence-corrected chi connectivity index (χ2v) is 5.58. The third-order valence-electron chi connectivity index (χ3n) is 3.51. The maximum absolute atomic E-state index is 12.3. The molecular weight excluding hydrogens is 292 g/mol. The number of likely N-dealkylation sites (N-methyl/N-ethyl adjacent to an activating group) is 1. The van der Waals surface area contributed by atoms with Gasteiger partial charge in [0.2, 0.25) is 11.8 Å². The maximum Gasteiger partial charge on any atom is 0.248 e. The molecule has 0 saturated carbocycles. The first-order valence-corrected chi connectivity index (χ1v) is 7.07. The Labute approximate surface area is 128 Å². The summed E-state index contributed by atoms with van der Waals surface area (Å²) < 4.78 is 0. The van der Waals surface area contributed by atoms with E-state index in [1.165, 1.54) is 0 Å². The molecular formula is C14H19ClN4O2. The van der Waals surface area contributed by atoms with Gasteiger partial charge in [-0.25, -0.2) is 0 Å². The first-order chi connectivity index (χ1) is 9.91. The van der Waals surface area contributed by atoms with Gasteiger partial charge >= 0.3 is 0 Å². The summed E-state index contributed by atoms with van der Waals surface area (Å²) in [6, 6.07) is 4.59. The number of nitrogens with two attached hydrogens (primary N) is 1. The molecule has 1 saturated heterocycles. The lowest BCUT2D eigenvalue weighted by Crippen LogP contribution is -2.58. The van der Waals surface area contributed by atoms with Crippen LogP contribution in [0.25, 0.3) is 0 Å². The average molecular weight is 311 g/mol. The van der Waals surface area contributed by atoms with Crippen LogP contribution in [0.4, 0.5) is 5.69 Å². The van der Waals surface area contributed by atoms with Gasteiger partial charge in [0.25, 0.3) is 0 Å². The number of halogens is 1. The molecule has 1 aliphatic heterocycles. The second-order valence-electron chi connectivity index (χ2n) is 5.18. The van der Waals surface area contributed by atoms with E-state index < -0.39 is 5.91 Å². The zero-order chi connectivity index (χ0) is 15.6. The van der Waals surface area contributed by atoms with Crippen molar-refractivity contribution in [2.75, 3.05) is 38.6 Å². The lowest BCUT2D eigenvalue weighted by molar-refractivity contribution is -0.130. The van der Waals surface area contributed by atoms with Crippen molar-refractivity contribution >= 4 is 29.1 Å². The van der Waals surface area contributed by atoms with Gasteiger partial charge in [0.15, 0.2) is 0 Å². The van der Waals surface area contributed by atoms with Crippen LogP contribution in [0.3, 0.4) is 0 Å². The molecule has 1 atom stereocenters. The van der Waals surface area contributed by atoms with E-state index in [-0.39, 0.29) is 11.9 Å². The molecule has 2 rings (SSSR count). The number of amides is 2. The van der Waals surface area contributed by atoms with E-state index in [9.17, 15) is 9.59 Å². The average Bonchev–Trinajstić information content (AvgIpc) is 2.46. The highest BCUT2D eigenvalue weighted by atomic mass is 35.5. The number of primary amides is 1. The van der Waals surface area contributed by atoms with E-state index in [1.54, 1.807) is 37.2 Å². The molecule has 1 heterocycles. The number of anilines is 1. The third-order valence-corrected chi connectivity index (χ3v) is 3.81. The summed E-state index contributed by atoms with van der Waals surface area (Å²) in [6.45, 7) is 2.00. The first kappa shape index (κ1) is 15.6. The Morgan fingerprint density at radius 2 is 2.14 bits per heavy atom. The van der Waals surface area contributed by atoms with Crippen molar-refractivity contribution in [2.24, 2.45) is 5.73 Å². The smallest absolute Gasteiger partial charge is 0.248 e. The number of nitrogens with one attached hydrogen (secondary N) is 1. The van der Waals surface area contributed by atoms with E-state index in [1.807, 2.05) is 4.90 Å². The van der Waals surface area contributed by atoms with Crippen LogP contribution < -0.4 is 16.0 Å². The maximum atomic E-state index is 12.3. The Morgan fingerprint density at radius 1 is 1.43 bits per heavy atom. The van der Waals surface area contributed by atoms with Crippen LogP contribution in [0.15, 0.2) is 18.2 Å². The highest BCUT2D eigenvalue weighted by molar-refractivity contribution is 6.33. The monoisotopic (exact) mass is 310 g/mol. The van der Waals surface area contributed by atoms with Crippen LogP contribution in [-0.2, 0) is 4.79 Å². The van der Waals surface area contributed by atoms with Gasteiger partial charge in [-0.2, -0.15) is 0 Å². The summed E-state index contributed by atoms with van der Waals surface area (Å²) in [5.41, 5.74) is 6.34. The van der Waals surface area contributed by atoms with Crippen LogP contribution in [0.2, 0.25) is 5.02 Å². The molecule has 1 fully saturated rings. The van der Waals surface area contributed by atoms with Crippen LogP contribution in [0, 0.1) is 0 Å². The summed E-state index contributed by atoms with van der Waals surface area (Å²) in [6.07, 6.45) is 0. The van der Waals surface area contributed by atoms with Gasteiger partial charge in [-0.1, -0.05) is 11.6 Å². The van der Waals surface area contributed by atoms with Gasteiger partial charge in [-0.3, -0.25) is 9.59 Å². The highest BCUT2D eigenvalue weighted by Gasteiger charge is 2.31. The van der Waals surface area contributed by atoms with Gasteiger partial charge in [-0.15, -0.1) is 0 Å². The van der Waals surface area contributed by atoms with Gasteiger partial charge in [0, 0.05) is 39.3 Å². The largest absolute Gasteiger partial charge is 0.366 e. The Morgan fingerprint density at radius 3 is 2.71 bits per heavy atom. The lowest BCUT2D eigenvalue weighted by Gasteiger charge is -2.38. The zero-order valence-electron chi connectivity index (χ0n) is 12.1. The number of rotatable bonds is 3. The first-order valence-electron chi connectivity index (χ1n) is 6.69. The highest BCUT2D eigenvalue weighted by Crippen LogP contribution is 2.29. The van der Waals surface area contributed by atoms with Crippen molar-refractivity contribution < 1.29 is 9.59 Å². The number of piperazine rings is 1. The molecule has 114 valence electrons. The molecule has 0 bridgehead atoms. The third kappa shape index (κ3) is 3.28. The second kappa shape index (κ2) is 6.32. The minimum Gasteiger partial charge on any atom is -0.366 e. The van der Waals surface area contributed by atoms with E-state index in [2.05, 4.69) is 5.32 Å². The number of carbonyl (C=O) groups is 2. The number of benzene rings is 1. The fourth-order valence-electron chi connectivity index (χ4n) is 2.40. The van der Waals surface area contributed by atoms with Gasteiger partial charge in [0.1, 0.15) is 6.04 Å². The van der Waals surface area contributed by atoms with Gasteiger partial charge < -0.3 is 20.9 Å². The summed E-state index contributed by atoms with van der Waals surface area (Å²) in [4.78, 5) is 27.0. The molecule has 0 aromatic heterocycles. The van der Waals surface area contributed by atoms with Crippen molar-refractivity contribution in [3.05, 3.63) is 28.8 Å². The molecule has 6 nitrogen and oxygen atoms in total. The number of nitrogens with zero attached hydrogens (tertiary/aromatic N) is 2. The number of hydrogen-bond donors (Lipinski definition) is 2. The summed E-state index contributed by atoms with van der Waals surface area (Å²) in [7, 11) is 3.46. The minimum atomic E-state index is -0.523. The number of carbonyl (C=O) groups excluding carboxylic acids is 2. The lowest BCUT2D eigenvalue weighted by atomic mass is 10.1. The van der Waals surface area contributed by atoms with Crippen molar-refractivity contribution in [2.45, 2.75) is 6.04 Å². The summed E-state index contributed by atoms with van der Waals surface area (Å²) >= 11 is 6.26. The quantitative estimate of drug-likeness (QED) is 0.842. The Bertz CT molecular complexity index is 562. The molecule has 1 unspecified atom stereocenters. The molecule has 0 aliphatic carbocycles. The van der Waals surface area contributed by atoms with Crippen molar-refractivity contribution in [3.63, 3.8) is 0 Å². The van der Waals surface area contributed by atoms with Crippen LogP contribution in [0.1, 0.15) is 10.4 Å². The number of hydrogen-bond acceptors (Lipinski definition) is 4. The van der Waals surface area contributed by atoms with E-state index in [0.29, 0.717) is 23.7 Å². The summed E-state index contributed by atoms with van der Waals surface area (Å²) in [5.74, 6) is -0.512. The topological polar surface area (TPSA) is 78.7 Å².